The molecule has 0 unspecified atom stereocenters. The van der Waals surface area contributed by atoms with Crippen LogP contribution in [0, 0.1) is 17.8 Å². The van der Waals surface area contributed by atoms with E-state index >= 15 is 0 Å². The van der Waals surface area contributed by atoms with Gasteiger partial charge in [-0.05, 0) is 37.0 Å². The summed E-state index contributed by atoms with van der Waals surface area (Å²) >= 11 is 0. The summed E-state index contributed by atoms with van der Waals surface area (Å²) in [4.78, 5) is 51.1. The fraction of sp³-hybridized carbons (Fsp3) is 0.886. The van der Waals surface area contributed by atoms with Gasteiger partial charge in [-0.15, -0.1) is 0 Å². The molecular formula is C35H64O8. The van der Waals surface area contributed by atoms with E-state index in [1.807, 2.05) is 0 Å². The number of ether oxygens (including phenoxy) is 4. The van der Waals surface area contributed by atoms with E-state index < -0.39 is 42.3 Å². The van der Waals surface area contributed by atoms with Crippen LogP contribution in [0.2, 0.25) is 0 Å². The van der Waals surface area contributed by atoms with Gasteiger partial charge in [0.1, 0.15) is 0 Å². The molecule has 252 valence electrons. The third-order valence-corrected chi connectivity index (χ3v) is 7.36. The molecule has 0 spiro atoms. The molecule has 0 aliphatic heterocycles. The minimum Gasteiger partial charge on any atom is -0.466 e. The summed E-state index contributed by atoms with van der Waals surface area (Å²) in [5, 5.41) is 0. The van der Waals surface area contributed by atoms with Crippen LogP contribution >= 0.6 is 0 Å². The zero-order valence-corrected chi connectivity index (χ0v) is 28.6. The van der Waals surface area contributed by atoms with Gasteiger partial charge in [0.15, 0.2) is 0 Å². The van der Waals surface area contributed by atoms with E-state index in [0.717, 1.165) is 71.1 Å². The molecule has 0 heterocycles. The molecule has 43 heavy (non-hydrogen) atoms. The number of carbonyl (C=O) groups is 4. The fourth-order valence-corrected chi connectivity index (χ4v) is 4.86. The summed E-state index contributed by atoms with van der Waals surface area (Å²) in [6.07, 6.45) is 13.6. The van der Waals surface area contributed by atoms with Crippen LogP contribution in [0.3, 0.4) is 0 Å². The summed E-state index contributed by atoms with van der Waals surface area (Å²) in [6.45, 7) is 14.8. The Hall–Kier alpha value is -2.12. The predicted octanol–water partition coefficient (Wildman–Crippen LogP) is 8.52. The lowest BCUT2D eigenvalue weighted by molar-refractivity contribution is -0.190. The first-order chi connectivity index (χ1) is 20.4. The van der Waals surface area contributed by atoms with Crippen LogP contribution in [0.1, 0.15) is 158 Å². The molecule has 0 N–H and O–H groups in total. The Morgan fingerprint density at radius 2 is 0.814 bits per heavy atom. The molecule has 0 saturated heterocycles. The van der Waals surface area contributed by atoms with Gasteiger partial charge in [0.05, 0.1) is 32.7 Å². The van der Waals surface area contributed by atoms with Gasteiger partial charge in [-0.1, -0.05) is 119 Å². The van der Waals surface area contributed by atoms with Crippen molar-refractivity contribution in [2.24, 2.45) is 17.8 Å². The molecular weight excluding hydrogens is 548 g/mol. The molecule has 0 aliphatic carbocycles. The normalized spacial score (nSPS) is 11.7. The Morgan fingerprint density at radius 1 is 0.488 bits per heavy atom. The maximum Gasteiger partial charge on any atom is 0.351 e. The van der Waals surface area contributed by atoms with Crippen molar-refractivity contribution in [3.05, 3.63) is 0 Å². The Labute approximate surface area is 262 Å². The summed E-state index contributed by atoms with van der Waals surface area (Å²) in [5.74, 6) is -1.16. The lowest BCUT2D eigenvalue weighted by Gasteiger charge is -2.29. The largest absolute Gasteiger partial charge is 0.466 e. The van der Waals surface area contributed by atoms with Crippen LogP contribution in [0.15, 0.2) is 0 Å². The average molecular weight is 613 g/mol. The molecule has 0 aromatic heterocycles. The predicted molar refractivity (Wildman–Crippen MR) is 170 cm³/mol. The molecule has 0 bridgehead atoms. The van der Waals surface area contributed by atoms with E-state index in [1.54, 1.807) is 0 Å². The van der Waals surface area contributed by atoms with Crippen molar-refractivity contribution in [3.8, 4) is 0 Å². The number of hydrogen-bond acceptors (Lipinski definition) is 8. The van der Waals surface area contributed by atoms with Gasteiger partial charge in [0.2, 0.25) is 5.60 Å². The van der Waals surface area contributed by atoms with Gasteiger partial charge >= 0.3 is 23.9 Å². The van der Waals surface area contributed by atoms with Crippen LogP contribution in [-0.4, -0.2) is 49.3 Å². The van der Waals surface area contributed by atoms with Crippen molar-refractivity contribution in [2.45, 2.75) is 163 Å². The van der Waals surface area contributed by atoms with E-state index in [0.29, 0.717) is 37.0 Å². The third kappa shape index (κ3) is 24.0. The van der Waals surface area contributed by atoms with Gasteiger partial charge in [-0.3, -0.25) is 14.4 Å². The molecule has 0 aromatic rings. The molecule has 8 heteroatoms. The molecule has 0 fully saturated rings. The van der Waals surface area contributed by atoms with Gasteiger partial charge in [0.25, 0.3) is 0 Å². The van der Waals surface area contributed by atoms with E-state index in [-0.39, 0.29) is 19.8 Å². The van der Waals surface area contributed by atoms with Crippen LogP contribution in [0.5, 0.6) is 0 Å². The SMILES string of the molecule is CC(=O)OC(CC(=O)OCCCCCCC(C)C)(CC(=O)OCCCCCCC(C)C)C(=O)OCCCCCCC(C)C. The van der Waals surface area contributed by atoms with Crippen molar-refractivity contribution in [2.75, 3.05) is 19.8 Å². The molecule has 0 amide bonds. The first-order valence-corrected chi connectivity index (χ1v) is 17.1. The zero-order chi connectivity index (χ0) is 32.5. The quantitative estimate of drug-likeness (QED) is 0.0516. The smallest absolute Gasteiger partial charge is 0.351 e. The van der Waals surface area contributed by atoms with Crippen molar-refractivity contribution in [1.82, 2.24) is 0 Å². The standard InChI is InChI=1S/C35H64O8/c1-28(2)20-14-8-11-17-23-40-32(37)26-35(43-31(7)36,34(39)42-25-19-13-10-16-22-30(5)6)27-33(38)41-24-18-12-9-15-21-29(3)4/h28-30H,8-27H2,1-7H3. The van der Waals surface area contributed by atoms with E-state index in [2.05, 4.69) is 41.5 Å². The number of hydrogen-bond donors (Lipinski definition) is 0. The first-order valence-electron chi connectivity index (χ1n) is 17.1. The van der Waals surface area contributed by atoms with E-state index in [9.17, 15) is 19.2 Å². The maximum atomic E-state index is 13.3. The Morgan fingerprint density at radius 3 is 1.14 bits per heavy atom. The minimum atomic E-state index is -2.12. The van der Waals surface area contributed by atoms with Gasteiger partial charge in [0, 0.05) is 6.92 Å². The monoisotopic (exact) mass is 612 g/mol. The van der Waals surface area contributed by atoms with Crippen LogP contribution in [-0.2, 0) is 38.1 Å². The fourth-order valence-electron chi connectivity index (χ4n) is 4.86. The van der Waals surface area contributed by atoms with Crippen LogP contribution in [0.4, 0.5) is 0 Å². The van der Waals surface area contributed by atoms with Crippen LogP contribution in [0.25, 0.3) is 0 Å². The van der Waals surface area contributed by atoms with E-state index in [4.69, 9.17) is 18.9 Å². The second-order valence-corrected chi connectivity index (χ2v) is 13.3. The van der Waals surface area contributed by atoms with Gasteiger partial charge < -0.3 is 18.9 Å². The molecule has 0 aromatic carbocycles. The second-order valence-electron chi connectivity index (χ2n) is 13.3. The first kappa shape index (κ1) is 40.9. The highest BCUT2D eigenvalue weighted by Crippen LogP contribution is 2.26. The molecule has 0 radical (unpaired) electrons. The zero-order valence-electron chi connectivity index (χ0n) is 28.6. The number of rotatable bonds is 27. The van der Waals surface area contributed by atoms with Gasteiger partial charge in [-0.25, -0.2) is 4.79 Å². The summed E-state index contributed by atoms with van der Waals surface area (Å²) in [6, 6.07) is 0. The molecule has 0 aliphatic rings. The lowest BCUT2D eigenvalue weighted by Crippen LogP contribution is -2.48. The van der Waals surface area contributed by atoms with Crippen LogP contribution < -0.4 is 0 Å². The van der Waals surface area contributed by atoms with Gasteiger partial charge in [-0.2, -0.15) is 0 Å². The molecule has 8 nitrogen and oxygen atoms in total. The van der Waals surface area contributed by atoms with Crippen molar-refractivity contribution >= 4 is 23.9 Å². The number of esters is 4. The topological polar surface area (TPSA) is 105 Å². The lowest BCUT2D eigenvalue weighted by atomic mass is 9.95. The molecule has 0 saturated carbocycles. The minimum absolute atomic E-state index is 0.111. The van der Waals surface area contributed by atoms with Crippen molar-refractivity contribution in [1.29, 1.82) is 0 Å². The summed E-state index contributed by atoms with van der Waals surface area (Å²) in [5.41, 5.74) is -2.12. The Balaban J connectivity index is 5.15. The van der Waals surface area contributed by atoms with Crippen molar-refractivity contribution < 1.29 is 38.1 Å². The molecule has 0 rings (SSSR count). The summed E-state index contributed by atoms with van der Waals surface area (Å²) in [7, 11) is 0. The summed E-state index contributed by atoms with van der Waals surface area (Å²) < 4.78 is 21.7. The Kier molecular flexibility index (Phi) is 24.0. The highest BCUT2D eigenvalue weighted by Gasteiger charge is 2.48. The highest BCUT2D eigenvalue weighted by molar-refractivity contribution is 5.92. The molecule has 0 atom stereocenters. The third-order valence-electron chi connectivity index (χ3n) is 7.36. The maximum absolute atomic E-state index is 13.3. The highest BCUT2D eigenvalue weighted by atomic mass is 16.6. The second kappa shape index (κ2) is 25.2. The number of unbranched alkanes of at least 4 members (excludes halogenated alkanes) is 9. The number of carbonyl (C=O) groups excluding carboxylic acids is 4. The van der Waals surface area contributed by atoms with Crippen molar-refractivity contribution in [3.63, 3.8) is 0 Å². The van der Waals surface area contributed by atoms with E-state index in [1.165, 1.54) is 12.8 Å². The Bertz CT molecular complexity index is 723. The average Bonchev–Trinajstić information content (AvgIpc) is 2.90.